The van der Waals surface area contributed by atoms with Gasteiger partial charge in [-0.1, -0.05) is 0 Å². The smallest absolute Gasteiger partial charge is 0.214 e. The fourth-order valence-electron chi connectivity index (χ4n) is 9.56. The van der Waals surface area contributed by atoms with Gasteiger partial charge in [-0.05, 0) is 93.2 Å². The molecular weight excluding hydrogens is 784 g/mol. The number of rotatable bonds is 16. The first-order chi connectivity index (χ1) is 28.6. The monoisotopic (exact) mass is 848 g/mol. The van der Waals surface area contributed by atoms with Gasteiger partial charge in [0.1, 0.15) is 0 Å². The van der Waals surface area contributed by atoms with Gasteiger partial charge in [-0.2, -0.15) is 0 Å². The van der Waals surface area contributed by atoms with E-state index in [9.17, 15) is 0 Å². The second kappa shape index (κ2) is 18.2. The van der Waals surface area contributed by atoms with Crippen molar-refractivity contribution in [1.29, 1.82) is 0 Å². The van der Waals surface area contributed by atoms with E-state index in [0.717, 1.165) is 0 Å². The van der Waals surface area contributed by atoms with Crippen LogP contribution in [0.5, 0.6) is 0 Å². The summed E-state index contributed by atoms with van der Waals surface area (Å²) >= 11 is 0. The van der Waals surface area contributed by atoms with Crippen molar-refractivity contribution < 1.29 is 75.8 Å². The van der Waals surface area contributed by atoms with Gasteiger partial charge in [-0.15, -0.1) is 0 Å². The van der Waals surface area contributed by atoms with E-state index in [1.165, 1.54) is 0 Å². The van der Waals surface area contributed by atoms with Gasteiger partial charge in [-0.3, -0.25) is 0 Å². The van der Waals surface area contributed by atoms with E-state index < -0.39 is 46.3 Å². The van der Waals surface area contributed by atoms with E-state index >= 15 is 0 Å². The molecule has 0 heterocycles. The highest BCUT2D eigenvalue weighted by Crippen LogP contribution is 2.55. The molecule has 0 unspecified atom stereocenters. The Morgan fingerprint density at radius 1 is 0.217 bits per heavy atom. The molecule has 1 saturated carbocycles. The summed E-state index contributed by atoms with van der Waals surface area (Å²) in [6.07, 6.45) is 14.8. The topological polar surface area (TPSA) is 148 Å². The molecule has 0 N–H and O–H groups in total. The van der Waals surface area contributed by atoms with Crippen LogP contribution in [0.25, 0.3) is 0 Å². The second-order valence-corrected chi connectivity index (χ2v) is 14.7. The third-order valence-electron chi connectivity index (χ3n) is 12.8. The lowest BCUT2D eigenvalue weighted by Crippen LogP contribution is -2.52. The molecule has 0 aromatic carbocycles. The Kier molecular flexibility index (Phi) is 14.6. The van der Waals surface area contributed by atoms with Crippen LogP contribution in [-0.4, -0.2) is 160 Å². The van der Waals surface area contributed by atoms with E-state index in [0.29, 0.717) is 44.6 Å². The maximum absolute atomic E-state index is 6.48. The van der Waals surface area contributed by atoms with Crippen LogP contribution >= 0.6 is 0 Å². The fraction of sp³-hybridized carbons (Fsp3) is 0.636. The van der Waals surface area contributed by atoms with E-state index in [1.54, 1.807) is 114 Å². The van der Waals surface area contributed by atoms with Crippen LogP contribution < -0.4 is 0 Å². The van der Waals surface area contributed by atoms with Gasteiger partial charge >= 0.3 is 0 Å². The average molecular weight is 849 g/mol. The third-order valence-corrected chi connectivity index (χ3v) is 12.8. The first-order valence-electron chi connectivity index (χ1n) is 19.2. The summed E-state index contributed by atoms with van der Waals surface area (Å²) in [7, 11) is 24.9. The Balaban J connectivity index is 2.00. The lowest BCUT2D eigenvalue weighted by atomic mass is 9.72. The molecule has 0 amide bonds. The van der Waals surface area contributed by atoms with Gasteiger partial charge < -0.3 is 75.8 Å². The van der Waals surface area contributed by atoms with Gasteiger partial charge in [0.2, 0.25) is 46.3 Å². The van der Waals surface area contributed by atoms with Crippen LogP contribution in [0.3, 0.4) is 0 Å². The number of hydrogen-bond donors (Lipinski definition) is 0. The zero-order valence-electron chi connectivity index (χ0n) is 38.0. The molecule has 0 spiro atoms. The highest BCUT2D eigenvalue weighted by molar-refractivity contribution is 5.54. The van der Waals surface area contributed by atoms with Crippen molar-refractivity contribution >= 4 is 0 Å². The van der Waals surface area contributed by atoms with Gasteiger partial charge in [0.05, 0.1) is 0 Å². The molecule has 0 atom stereocenters. The molecule has 5 rings (SSSR count). The molecule has 0 aliphatic heterocycles. The van der Waals surface area contributed by atoms with Crippen molar-refractivity contribution in [2.24, 2.45) is 0 Å². The van der Waals surface area contributed by atoms with Crippen molar-refractivity contribution in [1.82, 2.24) is 0 Å². The number of hydrogen-bond acceptors (Lipinski definition) is 16. The summed E-state index contributed by atoms with van der Waals surface area (Å²) in [6.45, 7) is 0. The molecule has 5 aliphatic carbocycles. The molecule has 0 saturated heterocycles. The highest BCUT2D eigenvalue weighted by atomic mass is 16.7. The van der Waals surface area contributed by atoms with Crippen LogP contribution in [0.1, 0.15) is 25.7 Å². The molecule has 60 heavy (non-hydrogen) atoms. The minimum Gasteiger partial charge on any atom is -0.346 e. The molecule has 1 fully saturated rings. The van der Waals surface area contributed by atoms with Crippen molar-refractivity contribution in [3.8, 4) is 0 Å². The Morgan fingerprint density at radius 3 is 0.417 bits per heavy atom. The van der Waals surface area contributed by atoms with Crippen LogP contribution in [0.2, 0.25) is 0 Å². The minimum atomic E-state index is -1.55. The van der Waals surface area contributed by atoms with E-state index in [1.807, 2.05) is 48.6 Å². The molecule has 16 heteroatoms. The van der Waals surface area contributed by atoms with Crippen molar-refractivity contribution in [3.05, 3.63) is 93.2 Å². The molecule has 0 radical (unpaired) electrons. The molecule has 5 aliphatic rings. The standard InChI is InChI=1S/C44H64O16/c1-45-37(46-2)21-29-17-31-23-38(47-3,48-4)25-33(42(31,55-11)56-12)19-35-27-40(51-7,52-8)28-36(44(35,59-15)60-16)20-34-26-39(49-5,50-6)24-32(43(34,57-13)58-14)18-30(22-37)41(29,53-9)54-10/h21-28H,17-20H2,1-16H3. The summed E-state index contributed by atoms with van der Waals surface area (Å²) in [5.41, 5.74) is 4.51. The summed E-state index contributed by atoms with van der Waals surface area (Å²) in [5, 5.41) is 0. The molecule has 0 aromatic rings. The zero-order valence-corrected chi connectivity index (χ0v) is 38.0. The Morgan fingerprint density at radius 2 is 0.333 bits per heavy atom. The average Bonchev–Trinajstić information content (AvgIpc) is 3.29. The Labute approximate surface area is 354 Å². The zero-order chi connectivity index (χ0) is 44.4. The maximum Gasteiger partial charge on any atom is 0.214 e. The predicted octanol–water partition coefficient (Wildman–Crippen LogP) is 4.94. The van der Waals surface area contributed by atoms with Crippen LogP contribution in [-0.2, 0) is 75.8 Å². The molecule has 336 valence electrons. The van der Waals surface area contributed by atoms with Crippen molar-refractivity contribution in [3.63, 3.8) is 0 Å². The lowest BCUT2D eigenvalue weighted by Gasteiger charge is -2.49. The lowest BCUT2D eigenvalue weighted by molar-refractivity contribution is -0.191. The summed E-state index contributed by atoms with van der Waals surface area (Å²) < 4.78 is 101. The van der Waals surface area contributed by atoms with Gasteiger partial charge in [0.15, 0.2) is 0 Å². The second-order valence-electron chi connectivity index (χ2n) is 14.7. The minimum absolute atomic E-state index is 0.0783. The van der Waals surface area contributed by atoms with Gasteiger partial charge in [0.25, 0.3) is 0 Å². The summed E-state index contributed by atoms with van der Waals surface area (Å²) in [4.78, 5) is 0. The summed E-state index contributed by atoms with van der Waals surface area (Å²) in [6, 6.07) is 0. The number of methoxy groups -OCH3 is 16. The predicted molar refractivity (Wildman–Crippen MR) is 217 cm³/mol. The Bertz CT molecular complexity index is 1450. The third kappa shape index (κ3) is 7.31. The fourth-order valence-corrected chi connectivity index (χ4v) is 9.56. The first-order valence-corrected chi connectivity index (χ1v) is 19.2. The van der Waals surface area contributed by atoms with E-state index in [4.69, 9.17) is 75.8 Å². The molecule has 0 aromatic heterocycles. The normalized spacial score (nSPS) is 25.3. The number of ether oxygens (including phenoxy) is 16. The van der Waals surface area contributed by atoms with Crippen molar-refractivity contribution in [2.45, 2.75) is 72.0 Å². The number of fused-ring (bicyclic) bond motifs is 8. The first kappa shape index (κ1) is 48.3. The van der Waals surface area contributed by atoms with Gasteiger partial charge in [-0.25, -0.2) is 0 Å². The quantitative estimate of drug-likeness (QED) is 0.153. The van der Waals surface area contributed by atoms with E-state index in [-0.39, 0.29) is 25.7 Å². The maximum atomic E-state index is 6.48. The Hall–Kier alpha value is -2.72. The van der Waals surface area contributed by atoms with Gasteiger partial charge in [0, 0.05) is 139 Å². The van der Waals surface area contributed by atoms with Crippen LogP contribution in [0.15, 0.2) is 93.2 Å². The molecular formula is C44H64O16. The van der Waals surface area contributed by atoms with Crippen LogP contribution in [0, 0.1) is 0 Å². The SMILES string of the molecule is COC1(OC)C=C2CC3=CC(OC)(OC)C=C(CC4=CC(OC)(OC)C=C(CC5=CC(OC)(OC)C=C(CC(=C1)C2(OC)OC)C5(OC)OC)C4(OC)OC)C3(OC)OC. The molecule has 16 nitrogen and oxygen atoms in total. The molecule has 8 bridgehead atoms. The van der Waals surface area contributed by atoms with Crippen LogP contribution in [0.4, 0.5) is 0 Å². The van der Waals surface area contributed by atoms with E-state index in [2.05, 4.69) is 0 Å². The largest absolute Gasteiger partial charge is 0.346 e. The van der Waals surface area contributed by atoms with Crippen molar-refractivity contribution in [2.75, 3.05) is 114 Å². The summed E-state index contributed by atoms with van der Waals surface area (Å²) in [5.74, 6) is -11.8. The highest BCUT2D eigenvalue weighted by Gasteiger charge is 2.57.